The Morgan fingerprint density at radius 1 is 1.18 bits per heavy atom. The molecular formula is C11H16O6. The Labute approximate surface area is 99.5 Å². The highest BCUT2D eigenvalue weighted by molar-refractivity contribution is 6.17. The summed E-state index contributed by atoms with van der Waals surface area (Å²) in [5.41, 5.74) is -0.486. The number of esters is 3. The van der Waals surface area contributed by atoms with E-state index in [1.54, 1.807) is 20.8 Å². The fourth-order valence-corrected chi connectivity index (χ4v) is 0.890. The van der Waals surface area contributed by atoms with Gasteiger partial charge in [0.1, 0.15) is 0 Å². The van der Waals surface area contributed by atoms with Gasteiger partial charge >= 0.3 is 17.9 Å². The molecule has 0 aliphatic rings. The standard InChI is InChI=1S/C11H16O6/c1-5-16-9(12)6-8(10(13)15-4)11(14)17-7(2)3/h6-7H,5H2,1-4H3/b8-6-. The summed E-state index contributed by atoms with van der Waals surface area (Å²) in [5.74, 6) is -2.66. The molecule has 17 heavy (non-hydrogen) atoms. The zero-order chi connectivity index (χ0) is 13.4. The number of ether oxygens (including phenoxy) is 3. The van der Waals surface area contributed by atoms with Crippen molar-refractivity contribution < 1.29 is 28.6 Å². The van der Waals surface area contributed by atoms with Crippen LogP contribution in [0.3, 0.4) is 0 Å². The molecule has 6 nitrogen and oxygen atoms in total. The second kappa shape index (κ2) is 7.43. The van der Waals surface area contributed by atoms with Crippen LogP contribution in [0.2, 0.25) is 0 Å². The summed E-state index contributed by atoms with van der Waals surface area (Å²) in [6.07, 6.45) is 0.359. The lowest BCUT2D eigenvalue weighted by atomic mass is 10.2. The van der Waals surface area contributed by atoms with Crippen molar-refractivity contribution in [2.45, 2.75) is 26.9 Å². The van der Waals surface area contributed by atoms with Crippen molar-refractivity contribution in [3.63, 3.8) is 0 Å². The Morgan fingerprint density at radius 3 is 2.18 bits per heavy atom. The van der Waals surface area contributed by atoms with Crippen LogP contribution >= 0.6 is 0 Å². The van der Waals surface area contributed by atoms with E-state index in [0.717, 1.165) is 13.2 Å². The second-order valence-corrected chi connectivity index (χ2v) is 3.26. The Kier molecular flexibility index (Phi) is 6.62. The minimum absolute atomic E-state index is 0.142. The molecule has 0 aromatic heterocycles. The molecule has 6 heteroatoms. The van der Waals surface area contributed by atoms with Crippen LogP contribution in [-0.4, -0.2) is 37.7 Å². The topological polar surface area (TPSA) is 78.9 Å². The molecule has 0 fully saturated rings. The highest BCUT2D eigenvalue weighted by Gasteiger charge is 2.23. The first-order chi connectivity index (χ1) is 7.92. The third-order valence-corrected chi connectivity index (χ3v) is 1.52. The maximum atomic E-state index is 11.5. The number of carbonyl (C=O) groups excluding carboxylic acids is 3. The third kappa shape index (κ3) is 5.70. The molecule has 0 aliphatic heterocycles. The minimum Gasteiger partial charge on any atom is -0.465 e. The molecule has 0 radical (unpaired) electrons. The third-order valence-electron chi connectivity index (χ3n) is 1.52. The van der Waals surface area contributed by atoms with E-state index in [0.29, 0.717) is 0 Å². The number of carbonyl (C=O) groups is 3. The molecule has 0 N–H and O–H groups in total. The summed E-state index contributed by atoms with van der Waals surface area (Å²) in [5, 5.41) is 0. The fourth-order valence-electron chi connectivity index (χ4n) is 0.890. The van der Waals surface area contributed by atoms with Crippen LogP contribution < -0.4 is 0 Å². The Morgan fingerprint density at radius 2 is 1.76 bits per heavy atom. The summed E-state index contributed by atoms with van der Waals surface area (Å²) in [4.78, 5) is 33.9. The molecule has 0 saturated carbocycles. The molecule has 96 valence electrons. The predicted octanol–water partition coefficient (Wildman–Crippen LogP) is 0.600. The van der Waals surface area contributed by atoms with Gasteiger partial charge in [0.15, 0.2) is 5.57 Å². The SMILES string of the molecule is CCOC(=O)/C=C(/C(=O)OC)C(=O)OC(C)C. The van der Waals surface area contributed by atoms with E-state index in [-0.39, 0.29) is 6.61 Å². The summed E-state index contributed by atoms with van der Waals surface area (Å²) < 4.78 is 13.8. The summed E-state index contributed by atoms with van der Waals surface area (Å²) in [7, 11) is 1.10. The van der Waals surface area contributed by atoms with Crippen molar-refractivity contribution in [2.24, 2.45) is 0 Å². The van der Waals surface area contributed by atoms with Crippen LogP contribution in [0.5, 0.6) is 0 Å². The van der Waals surface area contributed by atoms with Gasteiger partial charge in [-0.05, 0) is 20.8 Å². The van der Waals surface area contributed by atoms with E-state index in [1.165, 1.54) is 0 Å². The molecule has 0 bridgehead atoms. The molecule has 0 spiro atoms. The Bertz CT molecular complexity index is 329. The van der Waals surface area contributed by atoms with E-state index in [4.69, 9.17) is 4.74 Å². The van der Waals surface area contributed by atoms with Crippen LogP contribution in [0.25, 0.3) is 0 Å². The van der Waals surface area contributed by atoms with Gasteiger partial charge in [0.05, 0.1) is 19.8 Å². The average Bonchev–Trinajstić information content (AvgIpc) is 2.24. The van der Waals surface area contributed by atoms with Crippen molar-refractivity contribution in [3.8, 4) is 0 Å². The Balaban J connectivity index is 4.94. The molecule has 0 aromatic carbocycles. The maximum absolute atomic E-state index is 11.5. The lowest BCUT2D eigenvalue weighted by Gasteiger charge is -2.09. The van der Waals surface area contributed by atoms with Crippen molar-refractivity contribution in [2.75, 3.05) is 13.7 Å². The van der Waals surface area contributed by atoms with Crippen LogP contribution in [0, 0.1) is 0 Å². The summed E-state index contributed by atoms with van der Waals surface area (Å²) in [6.45, 7) is 4.99. The summed E-state index contributed by atoms with van der Waals surface area (Å²) >= 11 is 0. The van der Waals surface area contributed by atoms with E-state index in [1.807, 2.05) is 0 Å². The first kappa shape index (κ1) is 15.2. The number of hydrogen-bond donors (Lipinski definition) is 0. The quantitative estimate of drug-likeness (QED) is 0.232. The van der Waals surface area contributed by atoms with Gasteiger partial charge in [0.25, 0.3) is 0 Å². The van der Waals surface area contributed by atoms with E-state index >= 15 is 0 Å². The second-order valence-electron chi connectivity index (χ2n) is 3.26. The van der Waals surface area contributed by atoms with Crippen molar-refractivity contribution in [1.82, 2.24) is 0 Å². The maximum Gasteiger partial charge on any atom is 0.346 e. The zero-order valence-electron chi connectivity index (χ0n) is 10.3. The van der Waals surface area contributed by atoms with Gasteiger partial charge in [-0.25, -0.2) is 14.4 Å². The zero-order valence-corrected chi connectivity index (χ0v) is 10.3. The summed E-state index contributed by atoms with van der Waals surface area (Å²) in [6, 6.07) is 0. The first-order valence-electron chi connectivity index (χ1n) is 5.10. The molecule has 0 saturated heterocycles. The fraction of sp³-hybridized carbons (Fsp3) is 0.545. The van der Waals surface area contributed by atoms with Crippen molar-refractivity contribution in [1.29, 1.82) is 0 Å². The van der Waals surface area contributed by atoms with E-state index in [9.17, 15) is 14.4 Å². The lowest BCUT2D eigenvalue weighted by Crippen LogP contribution is -2.21. The van der Waals surface area contributed by atoms with Gasteiger partial charge < -0.3 is 14.2 Å². The lowest BCUT2D eigenvalue weighted by molar-refractivity contribution is -0.149. The van der Waals surface area contributed by atoms with Crippen LogP contribution in [0.4, 0.5) is 0 Å². The van der Waals surface area contributed by atoms with E-state index in [2.05, 4.69) is 9.47 Å². The monoisotopic (exact) mass is 244 g/mol. The molecule has 0 heterocycles. The largest absolute Gasteiger partial charge is 0.465 e. The van der Waals surface area contributed by atoms with Gasteiger partial charge in [-0.15, -0.1) is 0 Å². The van der Waals surface area contributed by atoms with Crippen molar-refractivity contribution >= 4 is 17.9 Å². The highest BCUT2D eigenvalue weighted by atomic mass is 16.6. The highest BCUT2D eigenvalue weighted by Crippen LogP contribution is 2.04. The van der Waals surface area contributed by atoms with Crippen LogP contribution in [-0.2, 0) is 28.6 Å². The molecule has 0 aromatic rings. The van der Waals surface area contributed by atoms with Gasteiger partial charge in [0.2, 0.25) is 0 Å². The molecule has 0 aliphatic carbocycles. The number of methoxy groups -OCH3 is 1. The average molecular weight is 244 g/mol. The van der Waals surface area contributed by atoms with Gasteiger partial charge in [-0.1, -0.05) is 0 Å². The number of rotatable bonds is 5. The molecule has 0 amide bonds. The molecule has 0 unspecified atom stereocenters. The molecule has 0 rings (SSSR count). The number of hydrogen-bond acceptors (Lipinski definition) is 6. The minimum atomic E-state index is -0.941. The molecular weight excluding hydrogens is 228 g/mol. The van der Waals surface area contributed by atoms with Crippen LogP contribution in [0.15, 0.2) is 11.6 Å². The normalized spacial score (nSPS) is 11.0. The Hall–Kier alpha value is -1.85. The molecule has 0 atom stereocenters. The van der Waals surface area contributed by atoms with Gasteiger partial charge in [0, 0.05) is 6.08 Å². The van der Waals surface area contributed by atoms with Gasteiger partial charge in [-0.3, -0.25) is 0 Å². The predicted molar refractivity (Wildman–Crippen MR) is 58.0 cm³/mol. The van der Waals surface area contributed by atoms with Crippen molar-refractivity contribution in [3.05, 3.63) is 11.6 Å². The smallest absolute Gasteiger partial charge is 0.346 e. The first-order valence-corrected chi connectivity index (χ1v) is 5.10. The van der Waals surface area contributed by atoms with E-state index < -0.39 is 29.6 Å². The van der Waals surface area contributed by atoms with Crippen LogP contribution in [0.1, 0.15) is 20.8 Å². The van der Waals surface area contributed by atoms with Gasteiger partial charge in [-0.2, -0.15) is 0 Å².